The quantitative estimate of drug-likeness (QED) is 0.823. The van der Waals surface area contributed by atoms with Crippen LogP contribution in [0.1, 0.15) is 5.56 Å². The van der Waals surface area contributed by atoms with E-state index >= 15 is 0 Å². The van der Waals surface area contributed by atoms with Crippen LogP contribution >= 0.6 is 11.6 Å². The zero-order valence-electron chi connectivity index (χ0n) is 8.83. The molecule has 0 saturated carbocycles. The summed E-state index contributed by atoms with van der Waals surface area (Å²) in [4.78, 5) is 0. The third-order valence-electron chi connectivity index (χ3n) is 1.96. The Morgan fingerprint density at radius 3 is 2.69 bits per heavy atom. The summed E-state index contributed by atoms with van der Waals surface area (Å²) in [6.07, 6.45) is 1.18. The number of nitrogens with one attached hydrogen (secondary N) is 1. The van der Waals surface area contributed by atoms with Gasteiger partial charge in [-0.1, -0.05) is 17.7 Å². The molecule has 1 rings (SSSR count). The normalized spacial score (nSPS) is 11.7. The molecule has 0 aliphatic heterocycles. The lowest BCUT2D eigenvalue weighted by molar-refractivity contribution is 0.595. The van der Waals surface area contributed by atoms with Crippen molar-refractivity contribution in [3.63, 3.8) is 0 Å². The lowest BCUT2D eigenvalue weighted by Crippen LogP contribution is -2.21. The van der Waals surface area contributed by atoms with E-state index in [1.54, 1.807) is 6.07 Å². The largest absolute Gasteiger partial charge is 0.312 e. The third-order valence-corrected chi connectivity index (χ3v) is 3.21. The maximum Gasteiger partial charge on any atom is 0.148 e. The van der Waals surface area contributed by atoms with E-state index in [1.807, 2.05) is 0 Å². The number of hydrogen-bond donors (Lipinski definition) is 1. The Morgan fingerprint density at radius 2 is 2.12 bits per heavy atom. The fourth-order valence-corrected chi connectivity index (χ4v) is 1.77. The van der Waals surface area contributed by atoms with Gasteiger partial charge in [0, 0.05) is 19.3 Å². The molecule has 0 aliphatic carbocycles. The first kappa shape index (κ1) is 13.4. The fraction of sp³-hybridized carbons (Fsp3) is 0.400. The summed E-state index contributed by atoms with van der Waals surface area (Å²) in [6.45, 7) is 0.771. The Kier molecular flexibility index (Phi) is 4.70. The molecule has 16 heavy (non-hydrogen) atoms. The van der Waals surface area contributed by atoms with Crippen molar-refractivity contribution < 1.29 is 12.8 Å². The summed E-state index contributed by atoms with van der Waals surface area (Å²) < 4.78 is 34.7. The van der Waals surface area contributed by atoms with Crippen molar-refractivity contribution in [3.05, 3.63) is 34.6 Å². The molecule has 0 bridgehead atoms. The van der Waals surface area contributed by atoms with Crippen LogP contribution in [0, 0.1) is 5.82 Å². The second kappa shape index (κ2) is 5.61. The molecule has 0 amide bonds. The lowest BCUT2D eigenvalue weighted by Gasteiger charge is -2.04. The molecule has 6 heteroatoms. The monoisotopic (exact) mass is 265 g/mol. The van der Waals surface area contributed by atoms with Gasteiger partial charge in [-0.05, 0) is 17.7 Å². The SMILES string of the molecule is CS(=O)(=O)CCNCc1ccc(Cl)c(F)c1. The molecule has 0 heterocycles. The molecule has 0 atom stereocenters. The average molecular weight is 266 g/mol. The van der Waals surface area contributed by atoms with Gasteiger partial charge < -0.3 is 5.32 Å². The van der Waals surface area contributed by atoms with Gasteiger partial charge in [0.1, 0.15) is 15.7 Å². The highest BCUT2D eigenvalue weighted by molar-refractivity contribution is 7.90. The predicted octanol–water partition coefficient (Wildman–Crippen LogP) is 1.61. The number of halogens is 2. The first-order valence-electron chi connectivity index (χ1n) is 4.71. The van der Waals surface area contributed by atoms with E-state index in [4.69, 9.17) is 11.6 Å². The topological polar surface area (TPSA) is 46.2 Å². The molecule has 0 saturated heterocycles. The molecule has 0 unspecified atom stereocenters. The number of sulfone groups is 1. The Labute approximate surface area is 99.5 Å². The molecule has 0 aliphatic rings. The highest BCUT2D eigenvalue weighted by atomic mass is 35.5. The zero-order valence-corrected chi connectivity index (χ0v) is 10.4. The van der Waals surface area contributed by atoms with Crippen molar-refractivity contribution in [2.45, 2.75) is 6.54 Å². The Hall–Kier alpha value is -0.650. The summed E-state index contributed by atoms with van der Waals surface area (Å²) in [5.41, 5.74) is 0.732. The maximum atomic E-state index is 13.0. The Balaban J connectivity index is 2.41. The van der Waals surface area contributed by atoms with Crippen LogP contribution in [0.4, 0.5) is 4.39 Å². The van der Waals surface area contributed by atoms with Crippen molar-refractivity contribution in [1.82, 2.24) is 5.32 Å². The van der Waals surface area contributed by atoms with Gasteiger partial charge in [0.05, 0.1) is 10.8 Å². The van der Waals surface area contributed by atoms with Gasteiger partial charge in [-0.15, -0.1) is 0 Å². The van der Waals surface area contributed by atoms with Gasteiger partial charge in [0.2, 0.25) is 0 Å². The van der Waals surface area contributed by atoms with Crippen LogP contribution in [0.2, 0.25) is 5.02 Å². The van der Waals surface area contributed by atoms with Crippen LogP contribution in [0.15, 0.2) is 18.2 Å². The minimum absolute atomic E-state index is 0.0725. The molecule has 0 radical (unpaired) electrons. The van der Waals surface area contributed by atoms with E-state index in [9.17, 15) is 12.8 Å². The Morgan fingerprint density at radius 1 is 1.44 bits per heavy atom. The standard InChI is InChI=1S/C10H13ClFNO2S/c1-16(14,15)5-4-13-7-8-2-3-9(11)10(12)6-8/h2-3,6,13H,4-5,7H2,1H3. The summed E-state index contributed by atoms with van der Waals surface area (Å²) in [5.74, 6) is -0.396. The molecule has 1 N–H and O–H groups in total. The molecule has 0 fully saturated rings. The lowest BCUT2D eigenvalue weighted by atomic mass is 10.2. The van der Waals surface area contributed by atoms with Crippen molar-refractivity contribution in [3.8, 4) is 0 Å². The van der Waals surface area contributed by atoms with Gasteiger partial charge in [-0.2, -0.15) is 0 Å². The van der Waals surface area contributed by atoms with E-state index in [0.29, 0.717) is 13.1 Å². The first-order valence-corrected chi connectivity index (χ1v) is 7.15. The van der Waals surface area contributed by atoms with Crippen LogP contribution in [0.5, 0.6) is 0 Å². The minimum Gasteiger partial charge on any atom is -0.312 e. The smallest absolute Gasteiger partial charge is 0.148 e. The first-order chi connectivity index (χ1) is 7.38. The van der Waals surface area contributed by atoms with Crippen LogP contribution in [-0.4, -0.2) is 27.0 Å². The van der Waals surface area contributed by atoms with Crippen molar-refractivity contribution in [2.24, 2.45) is 0 Å². The molecule has 0 spiro atoms. The van der Waals surface area contributed by atoms with Crippen molar-refractivity contribution in [1.29, 1.82) is 0 Å². The average Bonchev–Trinajstić information content (AvgIpc) is 2.17. The summed E-state index contributed by atoms with van der Waals surface area (Å²) in [6, 6.07) is 4.50. The van der Waals surface area contributed by atoms with Gasteiger partial charge >= 0.3 is 0 Å². The second-order valence-electron chi connectivity index (χ2n) is 3.56. The second-order valence-corrected chi connectivity index (χ2v) is 6.22. The number of rotatable bonds is 5. The minimum atomic E-state index is -2.95. The van der Waals surface area contributed by atoms with Crippen molar-refractivity contribution >= 4 is 21.4 Å². The van der Waals surface area contributed by atoms with Crippen LogP contribution < -0.4 is 5.32 Å². The van der Waals surface area contributed by atoms with Crippen molar-refractivity contribution in [2.75, 3.05) is 18.6 Å². The third kappa shape index (κ3) is 4.92. The van der Waals surface area contributed by atoms with E-state index in [0.717, 1.165) is 5.56 Å². The Bertz CT molecular complexity index is 462. The van der Waals surface area contributed by atoms with Gasteiger partial charge in [-0.3, -0.25) is 0 Å². The predicted molar refractivity (Wildman–Crippen MR) is 62.8 cm³/mol. The van der Waals surface area contributed by atoms with Crippen LogP contribution in [-0.2, 0) is 16.4 Å². The summed E-state index contributed by atoms with van der Waals surface area (Å²) in [7, 11) is -2.95. The molecule has 1 aromatic carbocycles. The fourth-order valence-electron chi connectivity index (χ4n) is 1.14. The maximum absolute atomic E-state index is 13.0. The van der Waals surface area contributed by atoms with Gasteiger partial charge in [0.25, 0.3) is 0 Å². The van der Waals surface area contributed by atoms with E-state index in [-0.39, 0.29) is 10.8 Å². The number of benzene rings is 1. The molecular weight excluding hydrogens is 253 g/mol. The van der Waals surface area contributed by atoms with E-state index in [1.165, 1.54) is 18.4 Å². The summed E-state index contributed by atoms with van der Waals surface area (Å²) in [5, 5.41) is 3.00. The van der Waals surface area contributed by atoms with Crippen LogP contribution in [0.3, 0.4) is 0 Å². The highest BCUT2D eigenvalue weighted by Gasteiger charge is 2.03. The zero-order chi connectivity index (χ0) is 12.2. The molecule has 3 nitrogen and oxygen atoms in total. The van der Waals surface area contributed by atoms with Crippen LogP contribution in [0.25, 0.3) is 0 Å². The van der Waals surface area contributed by atoms with E-state index < -0.39 is 15.7 Å². The molecule has 1 aromatic rings. The number of hydrogen-bond acceptors (Lipinski definition) is 3. The summed E-state index contributed by atoms with van der Waals surface area (Å²) >= 11 is 5.53. The highest BCUT2D eigenvalue weighted by Crippen LogP contribution is 2.15. The van der Waals surface area contributed by atoms with Gasteiger partial charge in [-0.25, -0.2) is 12.8 Å². The molecule has 90 valence electrons. The van der Waals surface area contributed by atoms with Gasteiger partial charge in [0.15, 0.2) is 0 Å². The molecular formula is C10H13ClFNO2S. The molecule has 0 aromatic heterocycles. The van der Waals surface area contributed by atoms with E-state index in [2.05, 4.69) is 5.32 Å².